The molecule has 0 radical (unpaired) electrons. The Morgan fingerprint density at radius 1 is 1.24 bits per heavy atom. The molecule has 86 valence electrons. The average molecular weight is 226 g/mol. The van der Waals surface area contributed by atoms with Crippen molar-refractivity contribution < 1.29 is 5.11 Å². The summed E-state index contributed by atoms with van der Waals surface area (Å²) < 4.78 is 0. The molecular weight excluding hydrogens is 212 g/mol. The number of aromatic nitrogens is 2. The third-order valence-electron chi connectivity index (χ3n) is 3.22. The predicted octanol–water partition coefficient (Wildman–Crippen LogP) is 2.12. The van der Waals surface area contributed by atoms with Crippen LogP contribution in [0.2, 0.25) is 0 Å². The van der Waals surface area contributed by atoms with E-state index < -0.39 is 0 Å². The minimum atomic E-state index is -0.0286. The van der Waals surface area contributed by atoms with Crippen LogP contribution in [0.15, 0.2) is 30.5 Å². The van der Waals surface area contributed by atoms with Gasteiger partial charge in [0.1, 0.15) is 0 Å². The molecule has 2 aromatic rings. The molecule has 0 unspecified atom stereocenters. The molecule has 0 aromatic carbocycles. The normalized spacial score (nSPS) is 13.7. The molecule has 2 aromatic heterocycles. The molecule has 0 spiro atoms. The van der Waals surface area contributed by atoms with Crippen LogP contribution in [0.4, 0.5) is 0 Å². The van der Waals surface area contributed by atoms with Gasteiger partial charge in [-0.1, -0.05) is 6.07 Å². The van der Waals surface area contributed by atoms with Crippen molar-refractivity contribution in [2.45, 2.75) is 25.9 Å². The first-order valence-electron chi connectivity index (χ1n) is 5.92. The molecule has 3 rings (SSSR count). The van der Waals surface area contributed by atoms with E-state index in [2.05, 4.69) is 16.0 Å². The molecule has 0 saturated carbocycles. The molecule has 0 amide bonds. The summed E-state index contributed by atoms with van der Waals surface area (Å²) in [5.41, 5.74) is 5.05. The highest BCUT2D eigenvalue weighted by Gasteiger charge is 2.17. The van der Waals surface area contributed by atoms with E-state index >= 15 is 0 Å². The highest BCUT2D eigenvalue weighted by atomic mass is 16.3. The SMILES string of the molecule is OCc1nc2c(cc1-c1ccccn1)CCC2. The molecular formula is C14H14N2O. The van der Waals surface area contributed by atoms with E-state index in [4.69, 9.17) is 0 Å². The van der Waals surface area contributed by atoms with Crippen LogP contribution < -0.4 is 0 Å². The van der Waals surface area contributed by atoms with Crippen LogP contribution in [0, 0.1) is 0 Å². The Labute approximate surface area is 100 Å². The van der Waals surface area contributed by atoms with Crippen LogP contribution in [0.25, 0.3) is 11.3 Å². The van der Waals surface area contributed by atoms with Crippen molar-refractivity contribution in [2.24, 2.45) is 0 Å². The van der Waals surface area contributed by atoms with Gasteiger partial charge in [0.15, 0.2) is 0 Å². The largest absolute Gasteiger partial charge is 0.390 e. The molecule has 2 heterocycles. The summed E-state index contributed by atoms with van der Waals surface area (Å²) in [6.45, 7) is -0.0286. The summed E-state index contributed by atoms with van der Waals surface area (Å²) in [4.78, 5) is 8.89. The first kappa shape index (κ1) is 10.4. The Hall–Kier alpha value is -1.74. The van der Waals surface area contributed by atoms with Gasteiger partial charge >= 0.3 is 0 Å². The number of rotatable bonds is 2. The first-order chi connectivity index (χ1) is 8.38. The Kier molecular flexibility index (Phi) is 2.61. The lowest BCUT2D eigenvalue weighted by Gasteiger charge is -2.09. The number of hydrogen-bond donors (Lipinski definition) is 1. The van der Waals surface area contributed by atoms with Crippen LogP contribution in [0.1, 0.15) is 23.4 Å². The van der Waals surface area contributed by atoms with Crippen LogP contribution in [-0.2, 0) is 19.4 Å². The summed E-state index contributed by atoms with van der Waals surface area (Å²) in [5.74, 6) is 0. The van der Waals surface area contributed by atoms with Crippen molar-refractivity contribution in [1.82, 2.24) is 9.97 Å². The summed E-state index contributed by atoms with van der Waals surface area (Å²) in [5, 5.41) is 9.42. The van der Waals surface area contributed by atoms with Gasteiger partial charge in [-0.3, -0.25) is 9.97 Å². The Morgan fingerprint density at radius 3 is 2.94 bits per heavy atom. The number of aryl methyl sites for hydroxylation is 2. The number of pyridine rings is 2. The maximum Gasteiger partial charge on any atom is 0.0860 e. The standard InChI is InChI=1S/C14H14N2O/c17-9-14-11(13-5-1-2-7-15-13)8-10-4-3-6-12(10)16-14/h1-2,5,7-8,17H,3-4,6,9H2. The van der Waals surface area contributed by atoms with Crippen LogP contribution >= 0.6 is 0 Å². The maximum atomic E-state index is 9.42. The zero-order chi connectivity index (χ0) is 11.7. The molecule has 3 nitrogen and oxygen atoms in total. The molecule has 17 heavy (non-hydrogen) atoms. The van der Waals surface area contributed by atoms with Gasteiger partial charge in [0.25, 0.3) is 0 Å². The van der Waals surface area contributed by atoms with Gasteiger partial charge < -0.3 is 5.11 Å². The van der Waals surface area contributed by atoms with Gasteiger partial charge in [-0.25, -0.2) is 0 Å². The summed E-state index contributed by atoms with van der Waals surface area (Å²) in [6, 6.07) is 7.94. The Morgan fingerprint density at radius 2 is 2.18 bits per heavy atom. The second-order valence-electron chi connectivity index (χ2n) is 4.32. The van der Waals surface area contributed by atoms with E-state index in [1.54, 1.807) is 6.20 Å². The lowest BCUT2D eigenvalue weighted by atomic mass is 10.1. The van der Waals surface area contributed by atoms with Crippen molar-refractivity contribution in [1.29, 1.82) is 0 Å². The maximum absolute atomic E-state index is 9.42. The predicted molar refractivity (Wildman–Crippen MR) is 65.4 cm³/mol. The highest BCUT2D eigenvalue weighted by molar-refractivity contribution is 5.63. The van der Waals surface area contributed by atoms with Crippen LogP contribution in [0.5, 0.6) is 0 Å². The molecule has 0 aliphatic heterocycles. The van der Waals surface area contributed by atoms with E-state index in [0.29, 0.717) is 0 Å². The van der Waals surface area contributed by atoms with Crippen molar-refractivity contribution in [3.8, 4) is 11.3 Å². The second kappa shape index (κ2) is 4.26. The lowest BCUT2D eigenvalue weighted by Crippen LogP contribution is -2.00. The van der Waals surface area contributed by atoms with Crippen LogP contribution in [0.3, 0.4) is 0 Å². The topological polar surface area (TPSA) is 46.0 Å². The zero-order valence-electron chi connectivity index (χ0n) is 9.56. The fourth-order valence-corrected chi connectivity index (χ4v) is 2.38. The number of nitrogens with zero attached hydrogens (tertiary/aromatic N) is 2. The summed E-state index contributed by atoms with van der Waals surface area (Å²) in [6.07, 6.45) is 5.06. The zero-order valence-corrected chi connectivity index (χ0v) is 9.56. The molecule has 0 atom stereocenters. The number of hydrogen-bond acceptors (Lipinski definition) is 3. The van der Waals surface area contributed by atoms with E-state index in [9.17, 15) is 5.11 Å². The van der Waals surface area contributed by atoms with Crippen molar-refractivity contribution >= 4 is 0 Å². The molecule has 0 saturated heterocycles. The number of fused-ring (bicyclic) bond motifs is 1. The van der Waals surface area contributed by atoms with E-state index in [1.807, 2.05) is 18.2 Å². The fourth-order valence-electron chi connectivity index (χ4n) is 2.38. The van der Waals surface area contributed by atoms with Gasteiger partial charge in [0.2, 0.25) is 0 Å². The van der Waals surface area contributed by atoms with Crippen molar-refractivity contribution in [2.75, 3.05) is 0 Å². The van der Waals surface area contributed by atoms with E-state index in [0.717, 1.165) is 35.5 Å². The number of aliphatic hydroxyl groups is 1. The molecule has 1 N–H and O–H groups in total. The molecule has 1 aliphatic rings. The minimum absolute atomic E-state index is 0.0286. The summed E-state index contributed by atoms with van der Waals surface area (Å²) in [7, 11) is 0. The number of aliphatic hydroxyl groups excluding tert-OH is 1. The third kappa shape index (κ3) is 1.83. The Balaban J connectivity index is 2.16. The van der Waals surface area contributed by atoms with Gasteiger partial charge in [-0.15, -0.1) is 0 Å². The molecule has 3 heteroatoms. The van der Waals surface area contributed by atoms with Crippen molar-refractivity contribution in [3.63, 3.8) is 0 Å². The summed E-state index contributed by atoms with van der Waals surface area (Å²) >= 11 is 0. The molecule has 0 fully saturated rings. The van der Waals surface area contributed by atoms with Gasteiger partial charge in [-0.2, -0.15) is 0 Å². The van der Waals surface area contributed by atoms with E-state index in [-0.39, 0.29) is 6.61 Å². The fraction of sp³-hybridized carbons (Fsp3) is 0.286. The molecule has 0 bridgehead atoms. The highest BCUT2D eigenvalue weighted by Crippen LogP contribution is 2.28. The van der Waals surface area contributed by atoms with Gasteiger partial charge in [0, 0.05) is 17.5 Å². The first-order valence-corrected chi connectivity index (χ1v) is 5.92. The lowest BCUT2D eigenvalue weighted by molar-refractivity contribution is 0.277. The quantitative estimate of drug-likeness (QED) is 0.853. The van der Waals surface area contributed by atoms with Gasteiger partial charge in [0.05, 0.1) is 18.0 Å². The van der Waals surface area contributed by atoms with E-state index in [1.165, 1.54) is 12.0 Å². The molecule has 1 aliphatic carbocycles. The third-order valence-corrected chi connectivity index (χ3v) is 3.22. The average Bonchev–Trinajstić information content (AvgIpc) is 2.85. The smallest absolute Gasteiger partial charge is 0.0860 e. The van der Waals surface area contributed by atoms with Gasteiger partial charge in [-0.05, 0) is 43.0 Å². The monoisotopic (exact) mass is 226 g/mol. The Bertz CT molecular complexity index is 537. The van der Waals surface area contributed by atoms with Crippen LogP contribution in [-0.4, -0.2) is 15.1 Å². The minimum Gasteiger partial charge on any atom is -0.390 e. The second-order valence-corrected chi connectivity index (χ2v) is 4.32. The van der Waals surface area contributed by atoms with Crippen molar-refractivity contribution in [3.05, 3.63) is 47.4 Å².